The monoisotopic (exact) mass is 482 g/mol. The smallest absolute Gasteiger partial charge is 0.251 e. The van der Waals surface area contributed by atoms with Gasteiger partial charge in [0, 0.05) is 16.3 Å². The first-order valence-corrected chi connectivity index (χ1v) is 11.4. The predicted octanol–water partition coefficient (Wildman–Crippen LogP) is 5.29. The number of thioether (sulfide) groups is 1. The lowest BCUT2D eigenvalue weighted by atomic mass is 10.2. The van der Waals surface area contributed by atoms with Crippen molar-refractivity contribution in [3.63, 3.8) is 0 Å². The minimum Gasteiger partial charge on any atom is -0.497 e. The zero-order valence-corrected chi connectivity index (χ0v) is 19.2. The number of ether oxygens (including phenoxy) is 1. The normalized spacial score (nSPS) is 10.8. The molecule has 6 nitrogen and oxygen atoms in total. The lowest BCUT2D eigenvalue weighted by molar-refractivity contribution is 0.0949. The van der Waals surface area contributed by atoms with Crippen molar-refractivity contribution in [2.24, 2.45) is 0 Å². The molecule has 3 aromatic carbocycles. The van der Waals surface area contributed by atoms with Crippen LogP contribution in [0.1, 0.15) is 21.7 Å². The first kappa shape index (κ1) is 22.8. The molecule has 0 atom stereocenters. The van der Waals surface area contributed by atoms with Crippen LogP contribution in [-0.4, -0.2) is 27.8 Å². The Morgan fingerprint density at radius 1 is 1.09 bits per heavy atom. The summed E-state index contributed by atoms with van der Waals surface area (Å²) in [7, 11) is 1.57. The highest BCUT2D eigenvalue weighted by Crippen LogP contribution is 2.26. The standard InChI is InChI=1S/C24H20ClFN4O2S/c1-32-21-11-7-17(8-12-21)23(31)27-14-22-28-29-24(30(22)20-4-2-3-18(25)13-20)33-15-16-5-9-19(26)10-6-16/h2-13H,14-15H2,1H3,(H,27,31). The van der Waals surface area contributed by atoms with Gasteiger partial charge in [-0.3, -0.25) is 9.36 Å². The maximum absolute atomic E-state index is 13.2. The SMILES string of the molecule is COc1ccc(C(=O)NCc2nnc(SCc3ccc(F)cc3)n2-c2cccc(Cl)c2)cc1. The summed E-state index contributed by atoms with van der Waals surface area (Å²) in [5.74, 6) is 1.30. The number of amides is 1. The van der Waals surface area contributed by atoms with Gasteiger partial charge in [-0.25, -0.2) is 4.39 Å². The Labute approximate surface area is 199 Å². The van der Waals surface area contributed by atoms with Gasteiger partial charge in [0.2, 0.25) is 0 Å². The van der Waals surface area contributed by atoms with Crippen molar-refractivity contribution in [3.05, 3.63) is 101 Å². The van der Waals surface area contributed by atoms with Gasteiger partial charge in [0.25, 0.3) is 5.91 Å². The number of nitrogens with zero attached hydrogens (tertiary/aromatic N) is 3. The maximum atomic E-state index is 13.2. The Bertz CT molecular complexity index is 1250. The van der Waals surface area contributed by atoms with Crippen LogP contribution in [-0.2, 0) is 12.3 Å². The van der Waals surface area contributed by atoms with Gasteiger partial charge in [-0.1, -0.05) is 41.6 Å². The molecule has 1 N–H and O–H groups in total. The summed E-state index contributed by atoms with van der Waals surface area (Å²) < 4.78 is 20.2. The third-order valence-electron chi connectivity index (χ3n) is 4.81. The fraction of sp³-hybridized carbons (Fsp3) is 0.125. The van der Waals surface area contributed by atoms with Gasteiger partial charge < -0.3 is 10.1 Å². The van der Waals surface area contributed by atoms with E-state index in [-0.39, 0.29) is 18.3 Å². The quantitative estimate of drug-likeness (QED) is 0.345. The second kappa shape index (κ2) is 10.5. The molecule has 0 aliphatic carbocycles. The molecule has 0 fully saturated rings. The zero-order chi connectivity index (χ0) is 23.2. The highest BCUT2D eigenvalue weighted by Gasteiger charge is 2.16. The maximum Gasteiger partial charge on any atom is 0.251 e. The highest BCUT2D eigenvalue weighted by molar-refractivity contribution is 7.98. The molecule has 0 aliphatic heterocycles. The molecular formula is C24H20ClFN4O2S. The van der Waals surface area contributed by atoms with Gasteiger partial charge in [0.1, 0.15) is 11.6 Å². The molecule has 0 spiro atoms. The third-order valence-corrected chi connectivity index (χ3v) is 6.04. The zero-order valence-electron chi connectivity index (χ0n) is 17.7. The molecule has 0 bridgehead atoms. The van der Waals surface area contributed by atoms with E-state index < -0.39 is 0 Å². The molecule has 4 aromatic rings. The second-order valence-electron chi connectivity index (χ2n) is 7.04. The van der Waals surface area contributed by atoms with E-state index >= 15 is 0 Å². The molecule has 0 unspecified atom stereocenters. The summed E-state index contributed by atoms with van der Waals surface area (Å²) in [6.45, 7) is 0.168. The van der Waals surface area contributed by atoms with Crippen molar-refractivity contribution < 1.29 is 13.9 Å². The summed E-state index contributed by atoms with van der Waals surface area (Å²) >= 11 is 7.67. The largest absolute Gasteiger partial charge is 0.497 e. The van der Waals surface area contributed by atoms with E-state index in [0.29, 0.717) is 33.1 Å². The average Bonchev–Trinajstić information content (AvgIpc) is 3.25. The Hall–Kier alpha value is -3.36. The molecule has 0 saturated carbocycles. The van der Waals surface area contributed by atoms with Crippen LogP contribution in [0.2, 0.25) is 5.02 Å². The van der Waals surface area contributed by atoms with Crippen molar-refractivity contribution in [2.75, 3.05) is 7.11 Å². The topological polar surface area (TPSA) is 69.0 Å². The number of hydrogen-bond donors (Lipinski definition) is 1. The van der Waals surface area contributed by atoms with E-state index in [9.17, 15) is 9.18 Å². The number of carbonyl (C=O) groups excluding carboxylic acids is 1. The van der Waals surface area contributed by atoms with Gasteiger partial charge in [-0.2, -0.15) is 0 Å². The number of benzene rings is 3. The fourth-order valence-corrected chi connectivity index (χ4v) is 4.23. The molecule has 1 heterocycles. The van der Waals surface area contributed by atoms with Crippen LogP contribution < -0.4 is 10.1 Å². The van der Waals surface area contributed by atoms with Crippen LogP contribution in [0.4, 0.5) is 4.39 Å². The molecule has 0 saturated heterocycles. The summed E-state index contributed by atoms with van der Waals surface area (Å²) in [5, 5.41) is 12.7. The van der Waals surface area contributed by atoms with Crippen LogP contribution in [0, 0.1) is 5.82 Å². The Kier molecular flexibility index (Phi) is 7.26. The van der Waals surface area contributed by atoms with Crippen LogP contribution >= 0.6 is 23.4 Å². The fourth-order valence-electron chi connectivity index (χ4n) is 3.12. The molecule has 0 radical (unpaired) electrons. The van der Waals surface area contributed by atoms with E-state index in [1.807, 2.05) is 22.8 Å². The van der Waals surface area contributed by atoms with E-state index in [2.05, 4.69) is 15.5 Å². The number of methoxy groups -OCH3 is 1. The van der Waals surface area contributed by atoms with Gasteiger partial charge in [0.15, 0.2) is 11.0 Å². The average molecular weight is 483 g/mol. The van der Waals surface area contributed by atoms with Crippen molar-refractivity contribution in [3.8, 4) is 11.4 Å². The van der Waals surface area contributed by atoms with E-state index in [4.69, 9.17) is 16.3 Å². The molecular weight excluding hydrogens is 463 g/mol. The molecule has 33 heavy (non-hydrogen) atoms. The summed E-state index contributed by atoms with van der Waals surface area (Å²) in [6, 6.07) is 20.5. The molecule has 9 heteroatoms. The van der Waals surface area contributed by atoms with E-state index in [1.54, 1.807) is 49.6 Å². The summed E-state index contributed by atoms with van der Waals surface area (Å²) in [5.41, 5.74) is 2.25. The van der Waals surface area contributed by atoms with Crippen molar-refractivity contribution in [1.29, 1.82) is 0 Å². The molecule has 0 aliphatic rings. The Morgan fingerprint density at radius 2 is 1.85 bits per heavy atom. The van der Waals surface area contributed by atoms with Gasteiger partial charge in [-0.05, 0) is 60.2 Å². The first-order chi connectivity index (χ1) is 16.0. The van der Waals surface area contributed by atoms with Crippen molar-refractivity contribution in [2.45, 2.75) is 17.5 Å². The number of rotatable bonds is 8. The Balaban J connectivity index is 1.55. The van der Waals surface area contributed by atoms with Crippen LogP contribution in [0.5, 0.6) is 5.75 Å². The van der Waals surface area contributed by atoms with Gasteiger partial charge in [0.05, 0.1) is 19.3 Å². The highest BCUT2D eigenvalue weighted by atomic mass is 35.5. The van der Waals surface area contributed by atoms with E-state index in [0.717, 1.165) is 11.3 Å². The number of carbonyl (C=O) groups is 1. The van der Waals surface area contributed by atoms with Crippen molar-refractivity contribution >= 4 is 29.3 Å². The lowest BCUT2D eigenvalue weighted by Crippen LogP contribution is -2.24. The first-order valence-electron chi connectivity index (χ1n) is 10.0. The third kappa shape index (κ3) is 5.71. The lowest BCUT2D eigenvalue weighted by Gasteiger charge is -2.11. The van der Waals surface area contributed by atoms with Crippen LogP contribution in [0.15, 0.2) is 78.0 Å². The molecule has 4 rings (SSSR count). The van der Waals surface area contributed by atoms with Gasteiger partial charge in [-0.15, -0.1) is 10.2 Å². The minimum atomic E-state index is -0.277. The van der Waals surface area contributed by atoms with Crippen LogP contribution in [0.25, 0.3) is 5.69 Å². The summed E-state index contributed by atoms with van der Waals surface area (Å²) in [6.07, 6.45) is 0. The summed E-state index contributed by atoms with van der Waals surface area (Å²) in [4.78, 5) is 12.6. The predicted molar refractivity (Wildman–Crippen MR) is 126 cm³/mol. The van der Waals surface area contributed by atoms with Gasteiger partial charge >= 0.3 is 0 Å². The van der Waals surface area contributed by atoms with Crippen LogP contribution in [0.3, 0.4) is 0 Å². The Morgan fingerprint density at radius 3 is 2.55 bits per heavy atom. The number of aromatic nitrogens is 3. The number of hydrogen-bond acceptors (Lipinski definition) is 5. The second-order valence-corrected chi connectivity index (χ2v) is 8.42. The number of halogens is 2. The van der Waals surface area contributed by atoms with E-state index in [1.165, 1.54) is 23.9 Å². The molecule has 168 valence electrons. The molecule has 1 aromatic heterocycles. The number of nitrogens with one attached hydrogen (secondary N) is 1. The van der Waals surface area contributed by atoms with Crippen molar-refractivity contribution in [1.82, 2.24) is 20.1 Å². The molecule has 1 amide bonds. The minimum absolute atomic E-state index is 0.168.